The fourth-order valence-electron chi connectivity index (χ4n) is 0.453. The molecule has 0 radical (unpaired) electrons. The Balaban J connectivity index is 0.000000262. The summed E-state index contributed by atoms with van der Waals surface area (Å²) in [5.41, 5.74) is 4.17. The molecule has 0 saturated heterocycles. The zero-order valence-electron chi connectivity index (χ0n) is 9.86. The summed E-state index contributed by atoms with van der Waals surface area (Å²) in [4.78, 5) is 0. The molecule has 3 nitrogen and oxygen atoms in total. The highest BCUT2D eigenvalue weighted by Gasteiger charge is 2.31. The van der Waals surface area contributed by atoms with Gasteiger partial charge in [-0.25, -0.2) is 0 Å². The minimum Gasteiger partial charge on any atom is -0.399 e. The molecule has 1 aromatic rings. The van der Waals surface area contributed by atoms with E-state index in [0.29, 0.717) is 0 Å². The number of nitrogens with two attached hydrogens (primary N) is 1. The maximum atomic E-state index is 9.10. The molecule has 0 atom stereocenters. The lowest BCUT2D eigenvalue weighted by Crippen LogP contribution is -2.44. The second kappa shape index (κ2) is 5.14. The van der Waals surface area contributed by atoms with Gasteiger partial charge in [-0.2, -0.15) is 0 Å². The number of aliphatic hydroxyl groups is 2. The second-order valence-electron chi connectivity index (χ2n) is 4.53. The second-order valence-corrected chi connectivity index (χ2v) is 4.53. The third-order valence-electron chi connectivity index (χ3n) is 2.30. The van der Waals surface area contributed by atoms with Gasteiger partial charge < -0.3 is 15.9 Å². The third-order valence-corrected chi connectivity index (χ3v) is 2.30. The molecule has 0 fully saturated rings. The summed E-state index contributed by atoms with van der Waals surface area (Å²) in [6.45, 7) is 6.31. The van der Waals surface area contributed by atoms with Crippen LogP contribution in [0.1, 0.15) is 27.7 Å². The van der Waals surface area contributed by atoms with E-state index in [2.05, 4.69) is 0 Å². The number of hydrogen-bond donors (Lipinski definition) is 3. The average molecular weight is 211 g/mol. The van der Waals surface area contributed by atoms with E-state index in [1.54, 1.807) is 27.7 Å². The summed E-state index contributed by atoms with van der Waals surface area (Å²) < 4.78 is 0. The maximum Gasteiger partial charge on any atom is 0.0872 e. The van der Waals surface area contributed by atoms with E-state index in [-0.39, 0.29) is 0 Å². The van der Waals surface area contributed by atoms with Gasteiger partial charge in [0.05, 0.1) is 11.2 Å². The standard InChI is InChI=1S/C6H7N.C6H14O2/c7-6-4-2-1-3-5-6;1-5(2,7)6(3,4)8/h1-5H,7H2;7-8H,1-4H3. The summed E-state index contributed by atoms with van der Waals surface area (Å²) in [6.07, 6.45) is 0. The highest BCUT2D eigenvalue weighted by molar-refractivity contribution is 5.35. The molecule has 1 aromatic carbocycles. The highest BCUT2D eigenvalue weighted by atomic mass is 16.3. The van der Waals surface area contributed by atoms with Crippen molar-refractivity contribution in [1.82, 2.24) is 0 Å². The molecule has 0 unspecified atom stereocenters. The number of anilines is 1. The van der Waals surface area contributed by atoms with Crippen molar-refractivity contribution >= 4 is 5.69 Å². The molecule has 0 aliphatic carbocycles. The Kier molecular flexibility index (Phi) is 4.78. The molecule has 3 heteroatoms. The fraction of sp³-hybridized carbons (Fsp3) is 0.500. The van der Waals surface area contributed by atoms with E-state index < -0.39 is 11.2 Å². The molecular weight excluding hydrogens is 190 g/mol. The van der Waals surface area contributed by atoms with Crippen molar-refractivity contribution in [3.63, 3.8) is 0 Å². The van der Waals surface area contributed by atoms with Gasteiger partial charge in [0.15, 0.2) is 0 Å². The first-order valence-corrected chi connectivity index (χ1v) is 4.90. The molecule has 86 valence electrons. The maximum absolute atomic E-state index is 9.10. The number of para-hydroxylation sites is 1. The van der Waals surface area contributed by atoms with Crippen LogP contribution in [-0.4, -0.2) is 21.4 Å². The Hall–Kier alpha value is -1.06. The van der Waals surface area contributed by atoms with Gasteiger partial charge in [-0.05, 0) is 39.8 Å². The summed E-state index contributed by atoms with van der Waals surface area (Å²) in [5, 5.41) is 18.2. The molecule has 0 amide bonds. The molecule has 0 aliphatic rings. The normalized spacial score (nSPS) is 11.6. The Morgan fingerprint density at radius 2 is 1.20 bits per heavy atom. The topological polar surface area (TPSA) is 66.5 Å². The predicted molar refractivity (Wildman–Crippen MR) is 63.5 cm³/mol. The van der Waals surface area contributed by atoms with E-state index in [1.807, 2.05) is 30.3 Å². The summed E-state index contributed by atoms with van der Waals surface area (Å²) in [6, 6.07) is 9.49. The van der Waals surface area contributed by atoms with Crippen molar-refractivity contribution in [2.45, 2.75) is 38.9 Å². The molecule has 4 N–H and O–H groups in total. The number of nitrogen functional groups attached to an aromatic ring is 1. The Labute approximate surface area is 91.6 Å². The molecule has 1 rings (SSSR count). The van der Waals surface area contributed by atoms with Crippen LogP contribution in [0.5, 0.6) is 0 Å². The molecule has 0 bridgehead atoms. The van der Waals surface area contributed by atoms with Crippen molar-refractivity contribution in [1.29, 1.82) is 0 Å². The minimum atomic E-state index is -1.01. The monoisotopic (exact) mass is 211 g/mol. The van der Waals surface area contributed by atoms with Crippen LogP contribution in [-0.2, 0) is 0 Å². The number of rotatable bonds is 1. The summed E-state index contributed by atoms with van der Waals surface area (Å²) >= 11 is 0. The lowest BCUT2D eigenvalue weighted by Gasteiger charge is -2.31. The van der Waals surface area contributed by atoms with Gasteiger partial charge >= 0.3 is 0 Å². The fourth-order valence-corrected chi connectivity index (χ4v) is 0.453. The predicted octanol–water partition coefficient (Wildman–Crippen LogP) is 1.80. The van der Waals surface area contributed by atoms with Gasteiger partial charge in [-0.15, -0.1) is 0 Å². The van der Waals surface area contributed by atoms with E-state index in [9.17, 15) is 0 Å². The molecule has 0 aliphatic heterocycles. The molecule has 0 saturated carbocycles. The van der Waals surface area contributed by atoms with Crippen LogP contribution in [0.25, 0.3) is 0 Å². The number of hydrogen-bond acceptors (Lipinski definition) is 3. The van der Waals surface area contributed by atoms with Crippen LogP contribution in [0.4, 0.5) is 5.69 Å². The Morgan fingerprint density at radius 1 is 0.867 bits per heavy atom. The molecule has 15 heavy (non-hydrogen) atoms. The van der Waals surface area contributed by atoms with Crippen LogP contribution in [0.15, 0.2) is 30.3 Å². The molecule has 0 heterocycles. The first kappa shape index (κ1) is 13.9. The zero-order chi connectivity index (χ0) is 12.1. The van der Waals surface area contributed by atoms with Gasteiger partial charge in [0.2, 0.25) is 0 Å². The van der Waals surface area contributed by atoms with Gasteiger partial charge in [0, 0.05) is 5.69 Å². The van der Waals surface area contributed by atoms with Crippen LogP contribution in [0.3, 0.4) is 0 Å². The molecular formula is C12H21NO2. The van der Waals surface area contributed by atoms with E-state index in [0.717, 1.165) is 5.69 Å². The first-order chi connectivity index (χ1) is 6.64. The van der Waals surface area contributed by atoms with Gasteiger partial charge in [-0.3, -0.25) is 0 Å². The van der Waals surface area contributed by atoms with Crippen LogP contribution < -0.4 is 5.73 Å². The quantitative estimate of drug-likeness (QED) is 0.620. The van der Waals surface area contributed by atoms with Crippen molar-refractivity contribution < 1.29 is 10.2 Å². The highest BCUT2D eigenvalue weighted by Crippen LogP contribution is 2.19. The van der Waals surface area contributed by atoms with Crippen LogP contribution in [0.2, 0.25) is 0 Å². The average Bonchev–Trinajstić information content (AvgIpc) is 2.02. The number of benzene rings is 1. The smallest absolute Gasteiger partial charge is 0.0872 e. The SMILES string of the molecule is CC(C)(O)C(C)(C)O.Nc1ccccc1. The van der Waals surface area contributed by atoms with E-state index in [1.165, 1.54) is 0 Å². The molecule has 0 aromatic heterocycles. The lowest BCUT2D eigenvalue weighted by atomic mass is 9.90. The largest absolute Gasteiger partial charge is 0.399 e. The van der Waals surface area contributed by atoms with Crippen molar-refractivity contribution in [2.75, 3.05) is 5.73 Å². The molecule has 0 spiro atoms. The van der Waals surface area contributed by atoms with Gasteiger partial charge in [-0.1, -0.05) is 18.2 Å². The zero-order valence-corrected chi connectivity index (χ0v) is 9.86. The van der Waals surface area contributed by atoms with Gasteiger partial charge in [0.25, 0.3) is 0 Å². The van der Waals surface area contributed by atoms with E-state index in [4.69, 9.17) is 15.9 Å². The summed E-state index contributed by atoms with van der Waals surface area (Å²) in [7, 11) is 0. The summed E-state index contributed by atoms with van der Waals surface area (Å²) in [5.74, 6) is 0. The van der Waals surface area contributed by atoms with Crippen molar-refractivity contribution in [3.05, 3.63) is 30.3 Å². The van der Waals surface area contributed by atoms with Crippen LogP contribution in [0, 0.1) is 0 Å². The Bertz CT molecular complexity index is 258. The van der Waals surface area contributed by atoms with Crippen LogP contribution >= 0.6 is 0 Å². The minimum absolute atomic E-state index is 0.822. The van der Waals surface area contributed by atoms with E-state index >= 15 is 0 Å². The van der Waals surface area contributed by atoms with Crippen molar-refractivity contribution in [3.8, 4) is 0 Å². The lowest BCUT2D eigenvalue weighted by molar-refractivity contribution is -0.107. The van der Waals surface area contributed by atoms with Gasteiger partial charge in [0.1, 0.15) is 0 Å². The first-order valence-electron chi connectivity index (χ1n) is 4.90. The third kappa shape index (κ3) is 6.10. The Morgan fingerprint density at radius 3 is 1.33 bits per heavy atom. The van der Waals surface area contributed by atoms with Crippen molar-refractivity contribution in [2.24, 2.45) is 0 Å².